The summed E-state index contributed by atoms with van der Waals surface area (Å²) in [6.07, 6.45) is 0. The Hall–Kier alpha value is -2.25. The number of aryl methyl sites for hydroxylation is 2. The molecule has 3 rings (SSSR count). The summed E-state index contributed by atoms with van der Waals surface area (Å²) >= 11 is 1.49. The number of halogens is 1. The van der Waals surface area contributed by atoms with E-state index in [2.05, 4.69) is 15.4 Å². The van der Waals surface area contributed by atoms with Crippen LogP contribution in [-0.2, 0) is 0 Å². The Labute approximate surface area is 124 Å². The molecule has 7 heteroatoms. The molecule has 2 heterocycles. The number of nitrogens with zero attached hydrogens (tertiary/aromatic N) is 2. The van der Waals surface area contributed by atoms with Crippen LogP contribution in [0.25, 0.3) is 10.2 Å². The number of anilines is 1. The summed E-state index contributed by atoms with van der Waals surface area (Å²) in [6, 6.07) is 6.57. The number of hydrogen-bond donors (Lipinski definition) is 2. The first-order valence-corrected chi connectivity index (χ1v) is 7.07. The molecule has 0 aliphatic heterocycles. The highest BCUT2D eigenvalue weighted by atomic mass is 32.1. The molecule has 1 aromatic carbocycles. The largest absolute Gasteiger partial charge is 0.435 e. The summed E-state index contributed by atoms with van der Waals surface area (Å²) in [6.45, 7) is 3.82. The van der Waals surface area contributed by atoms with Crippen molar-refractivity contribution in [2.24, 2.45) is 5.84 Å². The maximum absolute atomic E-state index is 13.8. The van der Waals surface area contributed by atoms with Crippen molar-refractivity contribution in [1.82, 2.24) is 9.97 Å². The van der Waals surface area contributed by atoms with Gasteiger partial charge in [0, 0.05) is 4.88 Å². The van der Waals surface area contributed by atoms with Gasteiger partial charge in [0.05, 0.1) is 5.39 Å². The van der Waals surface area contributed by atoms with Crippen LogP contribution in [0.3, 0.4) is 0 Å². The highest BCUT2D eigenvalue weighted by Crippen LogP contribution is 2.34. The van der Waals surface area contributed by atoms with Crippen LogP contribution in [0.5, 0.6) is 11.6 Å². The number of fused-ring (bicyclic) bond motifs is 1. The Morgan fingerprint density at radius 1 is 1.24 bits per heavy atom. The number of thiophene rings is 1. The fraction of sp³-hybridized carbons (Fsp3) is 0.143. The van der Waals surface area contributed by atoms with Crippen molar-refractivity contribution in [2.75, 3.05) is 5.43 Å². The lowest BCUT2D eigenvalue weighted by Gasteiger charge is -2.09. The molecule has 0 saturated carbocycles. The van der Waals surface area contributed by atoms with Gasteiger partial charge in [-0.1, -0.05) is 6.07 Å². The van der Waals surface area contributed by atoms with Crippen molar-refractivity contribution >= 4 is 27.5 Å². The maximum Gasteiger partial charge on any atom is 0.241 e. The smallest absolute Gasteiger partial charge is 0.241 e. The van der Waals surface area contributed by atoms with Gasteiger partial charge in [0.2, 0.25) is 11.8 Å². The molecule has 0 spiro atoms. The lowest BCUT2D eigenvalue weighted by molar-refractivity contribution is 0.432. The second-order valence-corrected chi connectivity index (χ2v) is 5.84. The third-order valence-corrected chi connectivity index (χ3v) is 3.85. The first-order valence-electron chi connectivity index (χ1n) is 6.25. The van der Waals surface area contributed by atoms with Gasteiger partial charge in [0.1, 0.15) is 4.83 Å². The molecule has 5 nitrogen and oxygen atoms in total. The fourth-order valence-corrected chi connectivity index (χ4v) is 2.82. The van der Waals surface area contributed by atoms with Crippen LogP contribution in [0.4, 0.5) is 10.3 Å². The van der Waals surface area contributed by atoms with Gasteiger partial charge in [-0.25, -0.2) is 15.2 Å². The van der Waals surface area contributed by atoms with Gasteiger partial charge < -0.3 is 4.74 Å². The molecule has 0 aliphatic rings. The van der Waals surface area contributed by atoms with E-state index < -0.39 is 5.82 Å². The molecule has 0 atom stereocenters. The molecule has 0 amide bonds. The van der Waals surface area contributed by atoms with E-state index in [9.17, 15) is 4.39 Å². The number of benzene rings is 1. The third-order valence-electron chi connectivity index (χ3n) is 2.90. The molecule has 3 N–H and O–H groups in total. The monoisotopic (exact) mass is 304 g/mol. The summed E-state index contributed by atoms with van der Waals surface area (Å²) < 4.78 is 19.5. The molecular weight excluding hydrogens is 291 g/mol. The predicted molar refractivity (Wildman–Crippen MR) is 81.2 cm³/mol. The molecule has 0 radical (unpaired) electrons. The number of nitrogens with two attached hydrogens (primary N) is 1. The number of hydrazine groups is 1. The minimum absolute atomic E-state index is 0.127. The third kappa shape index (κ3) is 2.65. The van der Waals surface area contributed by atoms with Crippen LogP contribution in [0, 0.1) is 19.7 Å². The molecule has 0 fully saturated rings. The van der Waals surface area contributed by atoms with Crippen molar-refractivity contribution in [1.29, 1.82) is 0 Å². The van der Waals surface area contributed by atoms with E-state index in [1.165, 1.54) is 17.4 Å². The lowest BCUT2D eigenvalue weighted by atomic mass is 10.2. The maximum atomic E-state index is 13.8. The minimum Gasteiger partial charge on any atom is -0.435 e. The van der Waals surface area contributed by atoms with E-state index >= 15 is 0 Å². The Morgan fingerprint density at radius 3 is 2.81 bits per heavy atom. The van der Waals surface area contributed by atoms with Gasteiger partial charge in [-0.05, 0) is 37.6 Å². The summed E-state index contributed by atoms with van der Waals surface area (Å²) in [4.78, 5) is 10.2. The minimum atomic E-state index is -0.443. The number of hydrogen-bond acceptors (Lipinski definition) is 6. The van der Waals surface area contributed by atoms with Crippen molar-refractivity contribution in [3.63, 3.8) is 0 Å². The second-order valence-electron chi connectivity index (χ2n) is 4.61. The lowest BCUT2D eigenvalue weighted by Crippen LogP contribution is -2.10. The van der Waals surface area contributed by atoms with E-state index in [1.807, 2.05) is 19.9 Å². The van der Waals surface area contributed by atoms with Crippen LogP contribution in [-0.4, -0.2) is 9.97 Å². The Balaban J connectivity index is 2.12. The average Bonchev–Trinajstić information content (AvgIpc) is 2.83. The van der Waals surface area contributed by atoms with E-state index in [1.54, 1.807) is 12.1 Å². The van der Waals surface area contributed by atoms with Crippen molar-refractivity contribution < 1.29 is 9.13 Å². The summed E-state index contributed by atoms with van der Waals surface area (Å²) in [5.41, 5.74) is 3.29. The summed E-state index contributed by atoms with van der Waals surface area (Å²) in [5, 5.41) is 0.734. The van der Waals surface area contributed by atoms with Crippen LogP contribution >= 0.6 is 11.3 Å². The van der Waals surface area contributed by atoms with Crippen LogP contribution < -0.4 is 16.0 Å². The molecule has 2 aromatic heterocycles. The number of nitrogen functional groups attached to an aromatic ring is 1. The topological polar surface area (TPSA) is 73.1 Å². The van der Waals surface area contributed by atoms with Crippen molar-refractivity contribution in [2.45, 2.75) is 13.8 Å². The second kappa shape index (κ2) is 5.27. The standard InChI is InChI=1S/C14H13FN4OS/c1-7-3-4-10(15)11(5-7)20-12-9-6-8(2)21-13(9)18-14(17-12)19-16/h3-6H,16H2,1-2H3,(H,17,18,19). The molecular formula is C14H13FN4OS. The van der Waals surface area contributed by atoms with Crippen LogP contribution in [0.2, 0.25) is 0 Å². The first kappa shape index (κ1) is 13.7. The van der Waals surface area contributed by atoms with Crippen molar-refractivity contribution in [3.05, 3.63) is 40.5 Å². The van der Waals surface area contributed by atoms with Gasteiger partial charge in [-0.3, -0.25) is 5.43 Å². The van der Waals surface area contributed by atoms with E-state index in [-0.39, 0.29) is 17.6 Å². The Morgan fingerprint density at radius 2 is 2.05 bits per heavy atom. The zero-order chi connectivity index (χ0) is 15.0. The Bertz CT molecular complexity index is 818. The Kier molecular flexibility index (Phi) is 3.44. The normalized spacial score (nSPS) is 10.9. The number of rotatable bonds is 3. The van der Waals surface area contributed by atoms with E-state index in [4.69, 9.17) is 10.6 Å². The molecule has 0 bridgehead atoms. The van der Waals surface area contributed by atoms with Crippen LogP contribution in [0.15, 0.2) is 24.3 Å². The molecule has 0 unspecified atom stereocenters. The number of nitrogens with one attached hydrogen (secondary N) is 1. The van der Waals surface area contributed by atoms with Gasteiger partial charge in [-0.15, -0.1) is 11.3 Å². The highest BCUT2D eigenvalue weighted by Gasteiger charge is 2.14. The SMILES string of the molecule is Cc1ccc(F)c(Oc2nc(NN)nc3sc(C)cc23)c1. The zero-order valence-corrected chi connectivity index (χ0v) is 12.3. The fourth-order valence-electron chi connectivity index (χ4n) is 1.95. The zero-order valence-electron chi connectivity index (χ0n) is 11.5. The van der Waals surface area contributed by atoms with Crippen LogP contribution in [0.1, 0.15) is 10.4 Å². The summed E-state index contributed by atoms with van der Waals surface area (Å²) in [5.74, 6) is 5.56. The summed E-state index contributed by atoms with van der Waals surface area (Å²) in [7, 11) is 0. The number of aromatic nitrogens is 2. The van der Waals surface area contributed by atoms with Gasteiger partial charge in [-0.2, -0.15) is 4.98 Å². The molecule has 21 heavy (non-hydrogen) atoms. The molecule has 0 aliphatic carbocycles. The van der Waals surface area contributed by atoms with Gasteiger partial charge in [0.25, 0.3) is 0 Å². The quantitative estimate of drug-likeness (QED) is 0.572. The molecule has 3 aromatic rings. The molecule has 0 saturated heterocycles. The average molecular weight is 304 g/mol. The number of ether oxygens (including phenoxy) is 1. The predicted octanol–water partition coefficient (Wildman–Crippen LogP) is 3.53. The first-order chi connectivity index (χ1) is 10.1. The van der Waals surface area contributed by atoms with E-state index in [0.29, 0.717) is 0 Å². The highest BCUT2D eigenvalue weighted by molar-refractivity contribution is 7.18. The molecule has 108 valence electrons. The van der Waals surface area contributed by atoms with Gasteiger partial charge >= 0.3 is 0 Å². The van der Waals surface area contributed by atoms with Crippen molar-refractivity contribution in [3.8, 4) is 11.6 Å². The van der Waals surface area contributed by atoms with E-state index in [0.717, 1.165) is 20.7 Å². The van der Waals surface area contributed by atoms with Gasteiger partial charge in [0.15, 0.2) is 11.6 Å².